The molecule has 15 heteroatoms. The molecule has 0 aliphatic carbocycles. The van der Waals surface area contributed by atoms with Crippen molar-refractivity contribution < 1.29 is 28.7 Å². The van der Waals surface area contributed by atoms with Crippen molar-refractivity contribution in [3.05, 3.63) is 101 Å². The summed E-state index contributed by atoms with van der Waals surface area (Å²) in [5.41, 5.74) is 2.95. The molecule has 2 aromatic carbocycles. The lowest BCUT2D eigenvalue weighted by molar-refractivity contribution is -0.122. The van der Waals surface area contributed by atoms with Gasteiger partial charge in [-0.3, -0.25) is 29.0 Å². The van der Waals surface area contributed by atoms with Crippen LogP contribution in [0.2, 0.25) is 0 Å². The predicted molar refractivity (Wildman–Crippen MR) is 192 cm³/mol. The Morgan fingerprint density at radius 2 is 1.57 bits per heavy atom. The van der Waals surface area contributed by atoms with Crippen molar-refractivity contribution >= 4 is 77.0 Å². The van der Waals surface area contributed by atoms with Gasteiger partial charge >= 0.3 is 0 Å². The van der Waals surface area contributed by atoms with Gasteiger partial charge in [0.2, 0.25) is 11.8 Å². The first-order chi connectivity index (χ1) is 22.6. The summed E-state index contributed by atoms with van der Waals surface area (Å²) in [6.45, 7) is 1.30. The molecule has 4 rings (SSSR count). The Balaban J connectivity index is 0.00000417. The summed E-state index contributed by atoms with van der Waals surface area (Å²) in [5, 5.41) is 11.0. The van der Waals surface area contributed by atoms with Gasteiger partial charge in [-0.25, -0.2) is 4.98 Å². The summed E-state index contributed by atoms with van der Waals surface area (Å²) in [4.78, 5) is 73.5. The molecule has 13 nitrogen and oxygen atoms in total. The first-order valence-electron chi connectivity index (χ1n) is 14.6. The second kappa shape index (κ2) is 18.1. The number of hydrogen-bond acceptors (Lipinski definition) is 8. The second-order valence-electron chi connectivity index (χ2n) is 10.3. The molecule has 0 saturated carbocycles. The lowest BCUT2D eigenvalue weighted by Gasteiger charge is -2.24. The van der Waals surface area contributed by atoms with Gasteiger partial charge in [0, 0.05) is 62.7 Å². The van der Waals surface area contributed by atoms with Gasteiger partial charge in [0.25, 0.3) is 17.7 Å². The van der Waals surface area contributed by atoms with E-state index in [9.17, 15) is 24.0 Å². The fourth-order valence-corrected chi connectivity index (χ4v) is 4.69. The number of amides is 5. The van der Waals surface area contributed by atoms with Crippen LogP contribution >= 0.6 is 24.8 Å². The zero-order valence-electron chi connectivity index (χ0n) is 27.5. The molecular weight excluding hydrogens is 673 g/mol. The lowest BCUT2D eigenvalue weighted by atomic mass is 9.97. The minimum absolute atomic E-state index is 0. The number of fused-ring (bicyclic) bond motifs is 1. The fourth-order valence-electron chi connectivity index (χ4n) is 4.69. The summed E-state index contributed by atoms with van der Waals surface area (Å²) in [7, 11) is 5.88. The van der Waals surface area contributed by atoms with E-state index in [1.165, 1.54) is 69.6 Å². The number of likely N-dealkylation sites (N-methyl/N-ethyl adjacent to an activating group) is 1. The maximum atomic E-state index is 13.3. The van der Waals surface area contributed by atoms with E-state index in [-0.39, 0.29) is 71.9 Å². The molecule has 4 N–H and O–H groups in total. The van der Waals surface area contributed by atoms with Crippen molar-refractivity contribution in [2.75, 3.05) is 39.6 Å². The quantitative estimate of drug-likeness (QED) is 0.172. The monoisotopic (exact) mass is 709 g/mol. The zero-order chi connectivity index (χ0) is 34.1. The third-order valence-corrected chi connectivity index (χ3v) is 7.23. The van der Waals surface area contributed by atoms with E-state index in [0.717, 1.165) is 11.1 Å². The minimum atomic E-state index is -0.545. The van der Waals surface area contributed by atoms with Crippen molar-refractivity contribution in [2.24, 2.45) is 0 Å². The van der Waals surface area contributed by atoms with Crippen LogP contribution in [-0.2, 0) is 16.2 Å². The molecular formula is C34H37Cl2N7O6. The van der Waals surface area contributed by atoms with Gasteiger partial charge in [0.1, 0.15) is 23.6 Å². The van der Waals surface area contributed by atoms with Gasteiger partial charge < -0.3 is 30.9 Å². The SMILES string of the molecule is CNC(=O)c1ccc(/C=C/C(=O)NCC(=O)N(C)c2ccc(C(=O)NC)c(COc3cccc4ccc(C)nc34)c2C(=O)NC)cn1.Cl.Cl. The lowest BCUT2D eigenvalue weighted by Crippen LogP contribution is -2.39. The molecule has 0 saturated heterocycles. The van der Waals surface area contributed by atoms with E-state index >= 15 is 0 Å². The molecule has 0 atom stereocenters. The molecule has 0 aliphatic rings. The number of rotatable bonds is 11. The first kappa shape index (κ1) is 39.6. The number of aryl methyl sites for hydroxylation is 1. The summed E-state index contributed by atoms with van der Waals surface area (Å²) in [6, 6.07) is 15.4. The van der Waals surface area contributed by atoms with Gasteiger partial charge in [-0.15, -0.1) is 24.8 Å². The maximum Gasteiger partial charge on any atom is 0.269 e. The van der Waals surface area contributed by atoms with Crippen LogP contribution in [0.5, 0.6) is 5.75 Å². The molecule has 2 heterocycles. The average Bonchev–Trinajstić information content (AvgIpc) is 3.10. The van der Waals surface area contributed by atoms with Crippen LogP contribution < -0.4 is 30.9 Å². The number of carbonyl (C=O) groups excluding carboxylic acids is 5. The number of benzene rings is 2. The number of nitrogens with zero attached hydrogens (tertiary/aromatic N) is 3. The van der Waals surface area contributed by atoms with E-state index in [2.05, 4.69) is 31.2 Å². The van der Waals surface area contributed by atoms with Crippen molar-refractivity contribution in [2.45, 2.75) is 13.5 Å². The van der Waals surface area contributed by atoms with Crippen molar-refractivity contribution in [1.29, 1.82) is 0 Å². The number of carbonyl (C=O) groups is 5. The molecule has 4 aromatic rings. The van der Waals surface area contributed by atoms with Crippen LogP contribution in [0.1, 0.15) is 48.0 Å². The Labute approximate surface area is 295 Å². The van der Waals surface area contributed by atoms with Gasteiger partial charge in [-0.1, -0.05) is 24.3 Å². The molecule has 0 unspecified atom stereocenters. The number of pyridine rings is 2. The van der Waals surface area contributed by atoms with E-state index < -0.39 is 23.6 Å². The first-order valence-corrected chi connectivity index (χ1v) is 14.6. The van der Waals surface area contributed by atoms with Gasteiger partial charge in [-0.05, 0) is 48.9 Å². The van der Waals surface area contributed by atoms with E-state index in [0.29, 0.717) is 16.8 Å². The van der Waals surface area contributed by atoms with Gasteiger partial charge in [-0.2, -0.15) is 0 Å². The van der Waals surface area contributed by atoms with Crippen LogP contribution in [0.15, 0.2) is 66.9 Å². The summed E-state index contributed by atoms with van der Waals surface area (Å²) >= 11 is 0. The zero-order valence-corrected chi connectivity index (χ0v) is 29.1. The maximum absolute atomic E-state index is 13.3. The third-order valence-electron chi connectivity index (χ3n) is 7.23. The van der Waals surface area contributed by atoms with E-state index in [1.54, 1.807) is 12.1 Å². The second-order valence-corrected chi connectivity index (χ2v) is 10.3. The number of para-hydroxylation sites is 1. The molecule has 2 aromatic heterocycles. The highest BCUT2D eigenvalue weighted by Gasteiger charge is 2.26. The fraction of sp³-hybridized carbons (Fsp3) is 0.206. The highest BCUT2D eigenvalue weighted by atomic mass is 35.5. The third kappa shape index (κ3) is 9.52. The number of halogens is 2. The highest BCUT2D eigenvalue weighted by Crippen LogP contribution is 2.30. The number of anilines is 1. The minimum Gasteiger partial charge on any atom is -0.487 e. The number of ether oxygens (including phenoxy) is 1. The number of aromatic nitrogens is 2. The normalized spacial score (nSPS) is 10.3. The van der Waals surface area contributed by atoms with Gasteiger partial charge in [0.15, 0.2) is 0 Å². The van der Waals surface area contributed by atoms with Crippen LogP contribution in [0, 0.1) is 6.92 Å². The van der Waals surface area contributed by atoms with Crippen LogP contribution in [0.3, 0.4) is 0 Å². The van der Waals surface area contributed by atoms with Gasteiger partial charge in [0.05, 0.1) is 17.8 Å². The summed E-state index contributed by atoms with van der Waals surface area (Å²) in [6.07, 6.45) is 4.16. The van der Waals surface area contributed by atoms with Crippen LogP contribution in [0.4, 0.5) is 5.69 Å². The Morgan fingerprint density at radius 3 is 2.22 bits per heavy atom. The highest BCUT2D eigenvalue weighted by molar-refractivity contribution is 6.09. The molecule has 5 amide bonds. The molecule has 49 heavy (non-hydrogen) atoms. The van der Waals surface area contributed by atoms with E-state index in [4.69, 9.17) is 4.74 Å². The molecule has 0 fully saturated rings. The van der Waals surface area contributed by atoms with Crippen LogP contribution in [0.25, 0.3) is 17.0 Å². The summed E-state index contributed by atoms with van der Waals surface area (Å²) < 4.78 is 6.18. The smallest absolute Gasteiger partial charge is 0.269 e. The van der Waals surface area contributed by atoms with Crippen molar-refractivity contribution in [3.63, 3.8) is 0 Å². The summed E-state index contributed by atoms with van der Waals surface area (Å²) in [5.74, 6) is -1.93. The Bertz CT molecular complexity index is 1880. The molecule has 0 radical (unpaired) electrons. The molecule has 0 bridgehead atoms. The van der Waals surface area contributed by atoms with Crippen molar-refractivity contribution in [1.82, 2.24) is 31.2 Å². The van der Waals surface area contributed by atoms with Crippen molar-refractivity contribution in [3.8, 4) is 5.75 Å². The number of nitrogens with one attached hydrogen (secondary N) is 4. The molecule has 258 valence electrons. The Morgan fingerprint density at radius 1 is 0.857 bits per heavy atom. The standard InChI is InChI=1S/C34H35N7O6.2ClH/c1-20-9-12-22-7-6-8-27(31(22)40-20)47-19-24-23(32(44)35-2)13-15-26(30(24)34(46)37-4)41(5)29(43)18-39-28(42)16-11-21-10-14-25(38-17-21)33(45)36-3;;/h6-17H,18-19H2,1-5H3,(H,35,44)(H,36,45)(H,37,46)(H,39,42);2*1H/b16-11+;;. The Hall–Kier alpha value is -5.53. The molecule has 0 aliphatic heterocycles. The molecule has 0 spiro atoms. The van der Waals surface area contributed by atoms with E-state index in [1.807, 2.05) is 31.2 Å². The topological polar surface area (TPSA) is 172 Å². The average molecular weight is 711 g/mol. The predicted octanol–water partition coefficient (Wildman–Crippen LogP) is 3.23. The van der Waals surface area contributed by atoms with Crippen LogP contribution in [-0.4, -0.2) is 74.2 Å². The number of hydrogen-bond donors (Lipinski definition) is 4. The largest absolute Gasteiger partial charge is 0.487 e. The Kier molecular flexibility index (Phi) is 14.7.